The number of aromatic nitrogens is 1. The Morgan fingerprint density at radius 1 is 1.21 bits per heavy atom. The number of nitrogens with zero attached hydrogens (tertiary/aromatic N) is 1. The van der Waals surface area contributed by atoms with Gasteiger partial charge in [-0.25, -0.2) is 9.78 Å². The molecule has 1 aliphatic carbocycles. The minimum Gasteiger partial charge on any atom is -0.486 e. The van der Waals surface area contributed by atoms with Crippen LogP contribution in [0.25, 0.3) is 0 Å². The maximum absolute atomic E-state index is 12.4. The summed E-state index contributed by atoms with van der Waals surface area (Å²) in [5, 5.41) is 5.86. The van der Waals surface area contributed by atoms with Gasteiger partial charge in [-0.05, 0) is 56.4 Å². The van der Waals surface area contributed by atoms with Crippen LogP contribution in [0.2, 0.25) is 0 Å². The lowest BCUT2D eigenvalue weighted by atomic mass is 10.1. The van der Waals surface area contributed by atoms with E-state index in [1.807, 2.05) is 37.3 Å². The van der Waals surface area contributed by atoms with Crippen molar-refractivity contribution in [2.75, 3.05) is 13.2 Å². The maximum Gasteiger partial charge on any atom is 0.315 e. The van der Waals surface area contributed by atoms with Crippen molar-refractivity contribution in [3.63, 3.8) is 0 Å². The van der Waals surface area contributed by atoms with E-state index < -0.39 is 0 Å². The van der Waals surface area contributed by atoms with Crippen LogP contribution in [0, 0.1) is 0 Å². The van der Waals surface area contributed by atoms with Crippen molar-refractivity contribution in [1.29, 1.82) is 0 Å². The zero-order chi connectivity index (χ0) is 20.1. The minimum absolute atomic E-state index is 0.172. The van der Waals surface area contributed by atoms with Gasteiger partial charge in [-0.1, -0.05) is 12.1 Å². The third-order valence-electron chi connectivity index (χ3n) is 5.28. The van der Waals surface area contributed by atoms with E-state index in [4.69, 9.17) is 14.2 Å². The van der Waals surface area contributed by atoms with Gasteiger partial charge >= 0.3 is 6.03 Å². The van der Waals surface area contributed by atoms with Crippen molar-refractivity contribution in [2.45, 2.75) is 51.3 Å². The molecule has 4 rings (SSSR count). The molecule has 2 N–H and O–H groups in total. The number of nitrogens with one attached hydrogen (secondary N) is 2. The van der Waals surface area contributed by atoms with Gasteiger partial charge in [0.1, 0.15) is 19.3 Å². The van der Waals surface area contributed by atoms with Gasteiger partial charge in [-0.3, -0.25) is 0 Å². The Morgan fingerprint density at radius 2 is 2.00 bits per heavy atom. The van der Waals surface area contributed by atoms with E-state index in [-0.39, 0.29) is 18.2 Å². The zero-order valence-electron chi connectivity index (χ0n) is 16.6. The molecule has 1 fully saturated rings. The summed E-state index contributed by atoms with van der Waals surface area (Å²) < 4.78 is 17.2. The summed E-state index contributed by atoms with van der Waals surface area (Å²) >= 11 is 0. The lowest BCUT2D eigenvalue weighted by Gasteiger charge is -2.21. The second kappa shape index (κ2) is 9.03. The van der Waals surface area contributed by atoms with Crippen LogP contribution in [0.5, 0.6) is 17.4 Å². The largest absolute Gasteiger partial charge is 0.486 e. The summed E-state index contributed by atoms with van der Waals surface area (Å²) in [7, 11) is 0. The molecule has 29 heavy (non-hydrogen) atoms. The van der Waals surface area contributed by atoms with Gasteiger partial charge in [-0.15, -0.1) is 0 Å². The van der Waals surface area contributed by atoms with Crippen molar-refractivity contribution in [2.24, 2.45) is 0 Å². The Balaban J connectivity index is 1.32. The fourth-order valence-electron chi connectivity index (χ4n) is 3.66. The Morgan fingerprint density at radius 3 is 2.83 bits per heavy atom. The number of carbonyl (C=O) groups excluding carboxylic acids is 1. The number of amides is 2. The van der Waals surface area contributed by atoms with Gasteiger partial charge in [0.15, 0.2) is 11.5 Å². The number of urea groups is 1. The number of fused-ring (bicyclic) bond motifs is 1. The summed E-state index contributed by atoms with van der Waals surface area (Å²) in [6, 6.07) is 9.09. The first kappa shape index (κ1) is 19.4. The average molecular weight is 397 g/mol. The predicted molar refractivity (Wildman–Crippen MR) is 108 cm³/mol. The van der Waals surface area contributed by atoms with Gasteiger partial charge in [0, 0.05) is 18.3 Å². The van der Waals surface area contributed by atoms with E-state index in [9.17, 15) is 4.79 Å². The van der Waals surface area contributed by atoms with Crippen molar-refractivity contribution in [3.05, 3.63) is 47.7 Å². The van der Waals surface area contributed by atoms with Crippen LogP contribution in [0.15, 0.2) is 36.5 Å². The van der Waals surface area contributed by atoms with Crippen LogP contribution >= 0.6 is 0 Å². The van der Waals surface area contributed by atoms with Gasteiger partial charge < -0.3 is 24.8 Å². The Bertz CT molecular complexity index is 852. The van der Waals surface area contributed by atoms with E-state index in [1.54, 1.807) is 6.20 Å². The van der Waals surface area contributed by atoms with Gasteiger partial charge in [0.05, 0.1) is 6.04 Å². The average Bonchev–Trinajstić information content (AvgIpc) is 3.26. The molecule has 2 heterocycles. The Labute approximate surface area is 170 Å². The van der Waals surface area contributed by atoms with E-state index in [2.05, 4.69) is 15.6 Å². The predicted octanol–water partition coefficient (Wildman–Crippen LogP) is 3.73. The first-order chi connectivity index (χ1) is 14.2. The molecule has 0 bridgehead atoms. The molecule has 1 unspecified atom stereocenters. The summed E-state index contributed by atoms with van der Waals surface area (Å²) in [6.07, 6.45) is 6.48. The molecule has 0 spiro atoms. The SMILES string of the molecule is CC(NC(=O)NCc1cccnc1OC1CCCC1)c1ccc2c(c1)OCCO2. The molecule has 154 valence electrons. The molecule has 1 aromatic carbocycles. The summed E-state index contributed by atoms with van der Waals surface area (Å²) in [4.78, 5) is 16.8. The number of hydrogen-bond donors (Lipinski definition) is 2. The molecular weight excluding hydrogens is 370 g/mol. The number of hydrogen-bond acceptors (Lipinski definition) is 5. The van der Waals surface area contributed by atoms with Crippen LogP contribution in [-0.2, 0) is 6.54 Å². The van der Waals surface area contributed by atoms with E-state index in [0.717, 1.165) is 29.7 Å². The van der Waals surface area contributed by atoms with Crippen LogP contribution < -0.4 is 24.8 Å². The molecule has 0 saturated heterocycles. The standard InChI is InChI=1S/C22H27N3O4/c1-15(16-8-9-19-20(13-16)28-12-11-27-19)25-22(26)24-14-17-5-4-10-23-21(17)29-18-6-2-3-7-18/h4-5,8-10,13,15,18H,2-3,6-7,11-12,14H2,1H3,(H2,24,25,26). The van der Waals surface area contributed by atoms with Crippen molar-refractivity contribution >= 4 is 6.03 Å². The monoisotopic (exact) mass is 397 g/mol. The molecule has 7 heteroatoms. The second-order valence-corrected chi connectivity index (χ2v) is 7.44. The third-order valence-corrected chi connectivity index (χ3v) is 5.28. The maximum atomic E-state index is 12.4. The summed E-state index contributed by atoms with van der Waals surface area (Å²) in [6.45, 7) is 3.39. The third kappa shape index (κ3) is 4.91. The molecular formula is C22H27N3O4. The lowest BCUT2D eigenvalue weighted by Crippen LogP contribution is -2.36. The second-order valence-electron chi connectivity index (χ2n) is 7.44. The Kier molecular flexibility index (Phi) is 6.03. The molecule has 2 aliphatic rings. The summed E-state index contributed by atoms with van der Waals surface area (Å²) in [5.74, 6) is 2.06. The normalized spacial score (nSPS) is 16.9. The van der Waals surface area contributed by atoms with Gasteiger partial charge in [0.2, 0.25) is 5.88 Å². The molecule has 1 aliphatic heterocycles. The smallest absolute Gasteiger partial charge is 0.315 e. The molecule has 1 aromatic heterocycles. The number of rotatable bonds is 6. The molecule has 2 aromatic rings. The molecule has 7 nitrogen and oxygen atoms in total. The topological polar surface area (TPSA) is 81.7 Å². The molecule has 0 radical (unpaired) electrons. The molecule has 2 amide bonds. The minimum atomic E-state index is -0.247. The zero-order valence-corrected chi connectivity index (χ0v) is 16.6. The van der Waals surface area contributed by atoms with Gasteiger partial charge in [0.25, 0.3) is 0 Å². The first-order valence-corrected chi connectivity index (χ1v) is 10.2. The van der Waals surface area contributed by atoms with E-state index in [1.165, 1.54) is 12.8 Å². The van der Waals surface area contributed by atoms with E-state index >= 15 is 0 Å². The number of carbonyl (C=O) groups is 1. The number of pyridine rings is 1. The summed E-state index contributed by atoms with van der Waals surface area (Å²) in [5.41, 5.74) is 1.83. The fourth-order valence-corrected chi connectivity index (χ4v) is 3.66. The van der Waals surface area contributed by atoms with Crippen LogP contribution in [0.1, 0.15) is 49.8 Å². The fraction of sp³-hybridized carbons (Fsp3) is 0.455. The van der Waals surface area contributed by atoms with Crippen molar-refractivity contribution in [3.8, 4) is 17.4 Å². The highest BCUT2D eigenvalue weighted by atomic mass is 16.6. The van der Waals surface area contributed by atoms with Gasteiger partial charge in [-0.2, -0.15) is 0 Å². The van der Waals surface area contributed by atoms with Crippen LogP contribution in [0.4, 0.5) is 4.79 Å². The highest BCUT2D eigenvalue weighted by Crippen LogP contribution is 2.32. The van der Waals surface area contributed by atoms with E-state index in [0.29, 0.717) is 31.4 Å². The highest BCUT2D eigenvalue weighted by molar-refractivity contribution is 5.74. The molecule has 1 saturated carbocycles. The Hall–Kier alpha value is -2.96. The highest BCUT2D eigenvalue weighted by Gasteiger charge is 2.19. The van der Waals surface area contributed by atoms with Crippen LogP contribution in [-0.4, -0.2) is 30.3 Å². The quantitative estimate of drug-likeness (QED) is 0.776. The van der Waals surface area contributed by atoms with Crippen molar-refractivity contribution < 1.29 is 19.0 Å². The molecule has 1 atom stereocenters. The number of benzene rings is 1. The number of ether oxygens (including phenoxy) is 3. The van der Waals surface area contributed by atoms with Crippen molar-refractivity contribution in [1.82, 2.24) is 15.6 Å². The lowest BCUT2D eigenvalue weighted by molar-refractivity contribution is 0.171. The van der Waals surface area contributed by atoms with Crippen LogP contribution in [0.3, 0.4) is 0 Å². The first-order valence-electron chi connectivity index (χ1n) is 10.2.